The number of benzene rings is 2. The number of nitrogens with zero attached hydrogens (tertiary/aromatic N) is 2. The Balaban J connectivity index is 1.69. The van der Waals surface area contributed by atoms with Gasteiger partial charge < -0.3 is 24.5 Å². The Bertz CT molecular complexity index is 1070. The molecule has 3 rings (SSSR count). The number of H-pyrrole nitrogens is 1. The predicted molar refractivity (Wildman–Crippen MR) is 114 cm³/mol. The molecule has 1 amide bonds. The Labute approximate surface area is 179 Å². The number of methoxy groups -OCH3 is 3. The first-order valence-electron chi connectivity index (χ1n) is 9.62. The molecular formula is C22H24N4O5. The molecule has 3 aromatic rings. The summed E-state index contributed by atoms with van der Waals surface area (Å²) in [7, 11) is 4.51. The van der Waals surface area contributed by atoms with Crippen LogP contribution in [-0.2, 0) is 17.8 Å². The third-order valence-corrected chi connectivity index (χ3v) is 4.62. The van der Waals surface area contributed by atoms with E-state index in [1.54, 1.807) is 12.1 Å². The number of hydrogen-bond donors (Lipinski definition) is 2. The fraction of sp³-hybridized carbons (Fsp3) is 0.273. The van der Waals surface area contributed by atoms with Gasteiger partial charge in [0.05, 0.1) is 21.3 Å². The number of nitrogens with one attached hydrogen (secondary N) is 2. The molecule has 0 saturated carbocycles. The Kier molecular flexibility index (Phi) is 7.21. The van der Waals surface area contributed by atoms with E-state index in [-0.39, 0.29) is 30.3 Å². The summed E-state index contributed by atoms with van der Waals surface area (Å²) in [6, 6.07) is 12.9. The van der Waals surface area contributed by atoms with Crippen molar-refractivity contribution in [2.45, 2.75) is 19.4 Å². The van der Waals surface area contributed by atoms with E-state index in [1.165, 1.54) is 21.3 Å². The molecular weight excluding hydrogens is 400 g/mol. The summed E-state index contributed by atoms with van der Waals surface area (Å²) < 4.78 is 15.9. The van der Waals surface area contributed by atoms with Gasteiger partial charge in [0.15, 0.2) is 17.3 Å². The van der Waals surface area contributed by atoms with Gasteiger partial charge in [-0.3, -0.25) is 9.59 Å². The van der Waals surface area contributed by atoms with Gasteiger partial charge in [-0.2, -0.15) is 0 Å². The molecule has 9 heteroatoms. The van der Waals surface area contributed by atoms with Crippen molar-refractivity contribution >= 4 is 5.91 Å². The van der Waals surface area contributed by atoms with Crippen LogP contribution in [0.2, 0.25) is 0 Å². The second kappa shape index (κ2) is 10.2. The minimum atomic E-state index is -0.408. The number of aryl methyl sites for hydroxylation is 1. The van der Waals surface area contributed by atoms with Crippen molar-refractivity contribution in [1.82, 2.24) is 20.5 Å². The van der Waals surface area contributed by atoms with Gasteiger partial charge in [-0.15, -0.1) is 10.2 Å². The molecule has 0 saturated heterocycles. The largest absolute Gasteiger partial charge is 0.493 e. The van der Waals surface area contributed by atoms with Crippen LogP contribution in [-0.4, -0.2) is 42.4 Å². The number of carbonyl (C=O) groups excluding carboxylic acids is 1. The highest BCUT2D eigenvalue weighted by molar-refractivity contribution is 5.76. The van der Waals surface area contributed by atoms with Crippen molar-refractivity contribution in [3.05, 3.63) is 64.1 Å². The maximum atomic E-state index is 12.5. The average Bonchev–Trinajstić information content (AvgIpc) is 2.81. The van der Waals surface area contributed by atoms with Crippen molar-refractivity contribution in [2.75, 3.05) is 21.3 Å². The standard InChI is InChI=1S/C22H24N4O5/c1-29-17-11-15(12-18(30-2)20(17)31-3)21-24-22(28)16(25-26-21)9-10-19(27)23-13-14-7-5-4-6-8-14/h4-8,11-12H,9-10,13H2,1-3H3,(H,23,27)(H,24,26,28). The van der Waals surface area contributed by atoms with Gasteiger partial charge in [0.1, 0.15) is 5.69 Å². The van der Waals surface area contributed by atoms with Crippen molar-refractivity contribution in [1.29, 1.82) is 0 Å². The predicted octanol–water partition coefficient (Wildman–Crippen LogP) is 2.11. The van der Waals surface area contributed by atoms with Crippen LogP contribution in [0.1, 0.15) is 17.7 Å². The van der Waals surface area contributed by atoms with Gasteiger partial charge in [0.25, 0.3) is 5.56 Å². The quantitative estimate of drug-likeness (QED) is 0.540. The number of amides is 1. The molecule has 1 aromatic heterocycles. The van der Waals surface area contributed by atoms with Crippen LogP contribution in [0, 0.1) is 0 Å². The van der Waals surface area contributed by atoms with Gasteiger partial charge in [-0.05, 0) is 17.7 Å². The molecule has 0 bridgehead atoms. The Morgan fingerprint density at radius 2 is 1.68 bits per heavy atom. The van der Waals surface area contributed by atoms with Gasteiger partial charge in [0.2, 0.25) is 11.7 Å². The number of ether oxygens (including phenoxy) is 3. The monoisotopic (exact) mass is 424 g/mol. The number of rotatable bonds is 9. The van der Waals surface area contributed by atoms with E-state index in [1.807, 2.05) is 30.3 Å². The molecule has 0 radical (unpaired) electrons. The first-order valence-corrected chi connectivity index (χ1v) is 9.62. The smallest absolute Gasteiger partial charge is 0.273 e. The normalized spacial score (nSPS) is 10.4. The van der Waals surface area contributed by atoms with Crippen LogP contribution in [0.15, 0.2) is 47.3 Å². The molecule has 162 valence electrons. The summed E-state index contributed by atoms with van der Waals surface area (Å²) in [6.45, 7) is 0.432. The number of hydrogen-bond acceptors (Lipinski definition) is 7. The fourth-order valence-electron chi connectivity index (χ4n) is 2.99. The van der Waals surface area contributed by atoms with Gasteiger partial charge in [0, 0.05) is 24.9 Å². The summed E-state index contributed by atoms with van der Waals surface area (Å²) in [5.74, 6) is 1.37. The highest BCUT2D eigenvalue weighted by atomic mass is 16.5. The molecule has 1 heterocycles. The first kappa shape index (κ1) is 21.8. The third-order valence-electron chi connectivity index (χ3n) is 4.62. The fourth-order valence-corrected chi connectivity index (χ4v) is 2.99. The van der Waals surface area contributed by atoms with Crippen molar-refractivity contribution in [3.8, 4) is 28.6 Å². The lowest BCUT2D eigenvalue weighted by Crippen LogP contribution is -2.25. The summed E-state index contributed by atoms with van der Waals surface area (Å²) in [5, 5.41) is 10.9. The van der Waals surface area contributed by atoms with E-state index in [2.05, 4.69) is 20.5 Å². The first-order chi connectivity index (χ1) is 15.0. The van der Waals surface area contributed by atoms with E-state index in [0.29, 0.717) is 29.4 Å². The average molecular weight is 424 g/mol. The summed E-state index contributed by atoms with van der Waals surface area (Å²) >= 11 is 0. The van der Waals surface area contributed by atoms with Gasteiger partial charge >= 0.3 is 0 Å². The molecule has 0 atom stereocenters. The van der Waals surface area contributed by atoms with Gasteiger partial charge in [-0.1, -0.05) is 30.3 Å². The van der Waals surface area contributed by atoms with Crippen LogP contribution in [0.3, 0.4) is 0 Å². The van der Waals surface area contributed by atoms with Crippen molar-refractivity contribution in [3.63, 3.8) is 0 Å². The maximum absolute atomic E-state index is 12.5. The van der Waals surface area contributed by atoms with E-state index in [4.69, 9.17) is 14.2 Å². The molecule has 9 nitrogen and oxygen atoms in total. The highest BCUT2D eigenvalue weighted by Gasteiger charge is 2.16. The second-order valence-corrected chi connectivity index (χ2v) is 6.63. The zero-order valence-corrected chi connectivity index (χ0v) is 17.6. The highest BCUT2D eigenvalue weighted by Crippen LogP contribution is 2.40. The van der Waals surface area contributed by atoms with Crippen LogP contribution < -0.4 is 25.1 Å². The minimum Gasteiger partial charge on any atom is -0.493 e. The molecule has 2 N–H and O–H groups in total. The molecule has 0 aliphatic carbocycles. The Hall–Kier alpha value is -3.88. The van der Waals surface area contributed by atoms with Crippen LogP contribution in [0.5, 0.6) is 17.2 Å². The van der Waals surface area contributed by atoms with E-state index < -0.39 is 5.56 Å². The molecule has 2 aromatic carbocycles. The van der Waals surface area contributed by atoms with Crippen LogP contribution in [0.25, 0.3) is 11.4 Å². The lowest BCUT2D eigenvalue weighted by atomic mass is 10.1. The molecule has 0 aliphatic rings. The molecule has 0 aliphatic heterocycles. The summed E-state index contributed by atoms with van der Waals surface area (Å²) in [4.78, 5) is 27.2. The minimum absolute atomic E-state index is 0.133. The lowest BCUT2D eigenvalue weighted by Gasteiger charge is -2.13. The Morgan fingerprint density at radius 1 is 1.00 bits per heavy atom. The third kappa shape index (κ3) is 5.39. The SMILES string of the molecule is COc1cc(-c2nnc(CCC(=O)NCc3ccccc3)c(=O)[nH]2)cc(OC)c1OC. The van der Waals surface area contributed by atoms with E-state index >= 15 is 0 Å². The lowest BCUT2D eigenvalue weighted by molar-refractivity contribution is -0.121. The number of carbonyl (C=O) groups is 1. The molecule has 0 unspecified atom stereocenters. The Morgan fingerprint density at radius 3 is 2.26 bits per heavy atom. The summed E-state index contributed by atoms with van der Waals surface area (Å²) in [6.07, 6.45) is 0.312. The number of aromatic amines is 1. The maximum Gasteiger partial charge on any atom is 0.273 e. The number of aromatic nitrogens is 3. The van der Waals surface area contributed by atoms with E-state index in [0.717, 1.165) is 5.56 Å². The van der Waals surface area contributed by atoms with Crippen molar-refractivity contribution in [2.24, 2.45) is 0 Å². The molecule has 0 fully saturated rings. The van der Waals surface area contributed by atoms with E-state index in [9.17, 15) is 9.59 Å². The topological polar surface area (TPSA) is 115 Å². The molecule has 0 spiro atoms. The van der Waals surface area contributed by atoms with Crippen LogP contribution >= 0.6 is 0 Å². The summed E-state index contributed by atoms with van der Waals surface area (Å²) in [5.41, 5.74) is 1.33. The van der Waals surface area contributed by atoms with Gasteiger partial charge in [-0.25, -0.2) is 0 Å². The second-order valence-electron chi connectivity index (χ2n) is 6.63. The zero-order chi connectivity index (χ0) is 22.2. The molecule has 31 heavy (non-hydrogen) atoms. The van der Waals surface area contributed by atoms with Crippen molar-refractivity contribution < 1.29 is 19.0 Å². The van der Waals surface area contributed by atoms with Crippen LogP contribution in [0.4, 0.5) is 0 Å². The zero-order valence-electron chi connectivity index (χ0n) is 17.6.